The first-order valence-corrected chi connectivity index (χ1v) is 6.88. The topological polar surface area (TPSA) is 125 Å². The second-order valence-corrected chi connectivity index (χ2v) is 5.16. The van der Waals surface area contributed by atoms with Gasteiger partial charge in [0.1, 0.15) is 24.1 Å². The highest BCUT2D eigenvalue weighted by atomic mass is 16.5. The number of carbonyl (C=O) groups excluding carboxylic acids is 1. The maximum atomic E-state index is 11.6. The molecule has 0 bridgehead atoms. The number of hydrogen-bond acceptors (Lipinski definition) is 6. The quantitative estimate of drug-likeness (QED) is 0.419. The van der Waals surface area contributed by atoms with Crippen LogP contribution in [0.3, 0.4) is 0 Å². The molecule has 120 valence electrons. The lowest BCUT2D eigenvalue weighted by atomic mass is 9.92. The number of carbonyl (C=O) groups is 1. The molecule has 1 rings (SSSR count). The van der Waals surface area contributed by atoms with Crippen molar-refractivity contribution in [3.63, 3.8) is 0 Å². The zero-order chi connectivity index (χ0) is 16.2. The van der Waals surface area contributed by atoms with E-state index in [9.17, 15) is 15.0 Å². The van der Waals surface area contributed by atoms with Crippen LogP contribution in [0.15, 0.2) is 24.0 Å². The molecular weight excluding hydrogens is 276 g/mol. The van der Waals surface area contributed by atoms with Gasteiger partial charge in [0.2, 0.25) is 5.91 Å². The Morgan fingerprint density at radius 1 is 1.57 bits per heavy atom. The van der Waals surface area contributed by atoms with Crippen LogP contribution < -0.4 is 11.1 Å². The van der Waals surface area contributed by atoms with Crippen LogP contribution in [0.1, 0.15) is 20.3 Å². The number of aliphatic hydroxyl groups is 3. The molecule has 0 radical (unpaired) electrons. The van der Waals surface area contributed by atoms with Gasteiger partial charge >= 0.3 is 0 Å². The number of amides is 1. The Bertz CT molecular complexity index is 424. The van der Waals surface area contributed by atoms with E-state index >= 15 is 0 Å². The summed E-state index contributed by atoms with van der Waals surface area (Å²) in [6.07, 6.45) is -1.91. The largest absolute Gasteiger partial charge is 0.485 e. The average Bonchev–Trinajstić information content (AvgIpc) is 2.46. The molecule has 0 unspecified atom stereocenters. The van der Waals surface area contributed by atoms with Crippen molar-refractivity contribution in [1.82, 2.24) is 5.32 Å². The van der Waals surface area contributed by atoms with E-state index in [2.05, 4.69) is 11.9 Å². The molecule has 6 N–H and O–H groups in total. The Morgan fingerprint density at radius 3 is 2.67 bits per heavy atom. The first-order valence-electron chi connectivity index (χ1n) is 6.88. The molecule has 1 aliphatic rings. The minimum absolute atomic E-state index is 0.248. The van der Waals surface area contributed by atoms with Crippen LogP contribution in [0.2, 0.25) is 0 Å². The van der Waals surface area contributed by atoms with Gasteiger partial charge in [-0.3, -0.25) is 4.79 Å². The van der Waals surface area contributed by atoms with E-state index in [1.54, 1.807) is 19.9 Å². The van der Waals surface area contributed by atoms with Gasteiger partial charge in [-0.05, 0) is 18.6 Å². The molecule has 21 heavy (non-hydrogen) atoms. The third-order valence-corrected chi connectivity index (χ3v) is 3.36. The Hall–Kier alpha value is -1.41. The molecule has 0 saturated carbocycles. The van der Waals surface area contributed by atoms with Crippen LogP contribution in [0.4, 0.5) is 0 Å². The van der Waals surface area contributed by atoms with Crippen LogP contribution in [-0.4, -0.2) is 58.2 Å². The predicted octanol–water partition coefficient (Wildman–Crippen LogP) is -1.22. The smallest absolute Gasteiger partial charge is 0.220 e. The van der Waals surface area contributed by atoms with Crippen molar-refractivity contribution in [2.24, 2.45) is 5.73 Å². The fourth-order valence-corrected chi connectivity index (χ4v) is 2.07. The minimum Gasteiger partial charge on any atom is -0.485 e. The molecule has 0 aromatic rings. The number of nitrogens with two attached hydrogens (primary N) is 1. The van der Waals surface area contributed by atoms with E-state index in [0.717, 1.165) is 0 Å². The highest BCUT2D eigenvalue weighted by Gasteiger charge is 2.41. The molecular formula is C14H24N2O5. The van der Waals surface area contributed by atoms with Gasteiger partial charge < -0.3 is 31.1 Å². The molecule has 1 aliphatic heterocycles. The molecule has 0 aliphatic carbocycles. The summed E-state index contributed by atoms with van der Waals surface area (Å²) in [4.78, 5) is 11.6. The van der Waals surface area contributed by atoms with Gasteiger partial charge in [0.05, 0.1) is 18.7 Å². The minimum atomic E-state index is -1.40. The van der Waals surface area contributed by atoms with Crippen LogP contribution >= 0.6 is 0 Å². The highest BCUT2D eigenvalue weighted by molar-refractivity contribution is 5.76. The van der Waals surface area contributed by atoms with E-state index in [4.69, 9.17) is 15.6 Å². The molecule has 0 fully saturated rings. The Kier molecular flexibility index (Phi) is 6.35. The van der Waals surface area contributed by atoms with Crippen molar-refractivity contribution >= 4 is 5.91 Å². The first kappa shape index (κ1) is 17.6. The molecule has 0 saturated heterocycles. The summed E-state index contributed by atoms with van der Waals surface area (Å²) < 4.78 is 5.61. The second kappa shape index (κ2) is 7.56. The molecule has 0 aromatic carbocycles. The second-order valence-electron chi connectivity index (χ2n) is 5.16. The zero-order valence-electron chi connectivity index (χ0n) is 12.3. The Balaban J connectivity index is 3.04. The number of nitrogens with one attached hydrogen (secondary N) is 1. The Labute approximate surface area is 124 Å². The van der Waals surface area contributed by atoms with Gasteiger partial charge in [-0.15, -0.1) is 0 Å². The predicted molar refractivity (Wildman–Crippen MR) is 77.1 cm³/mol. The highest BCUT2D eigenvalue weighted by Crippen LogP contribution is 2.25. The van der Waals surface area contributed by atoms with Crippen molar-refractivity contribution < 1.29 is 24.9 Å². The van der Waals surface area contributed by atoms with Crippen molar-refractivity contribution in [1.29, 1.82) is 0 Å². The average molecular weight is 300 g/mol. The molecule has 7 heteroatoms. The van der Waals surface area contributed by atoms with Crippen molar-refractivity contribution in [3.05, 3.63) is 24.0 Å². The summed E-state index contributed by atoms with van der Waals surface area (Å²) in [5, 5.41) is 31.4. The van der Waals surface area contributed by atoms with Gasteiger partial charge in [-0.1, -0.05) is 13.5 Å². The lowest BCUT2D eigenvalue weighted by Gasteiger charge is -2.39. The van der Waals surface area contributed by atoms with Gasteiger partial charge in [0.25, 0.3) is 0 Å². The van der Waals surface area contributed by atoms with Crippen LogP contribution in [0.25, 0.3) is 0 Å². The number of ether oxygens (including phenoxy) is 1. The van der Waals surface area contributed by atoms with Gasteiger partial charge in [-0.25, -0.2) is 0 Å². The normalized spacial score (nSPS) is 28.1. The summed E-state index contributed by atoms with van der Waals surface area (Å²) in [6.45, 7) is 6.52. The molecule has 0 spiro atoms. The van der Waals surface area contributed by atoms with E-state index in [0.29, 0.717) is 11.3 Å². The fourth-order valence-electron chi connectivity index (χ4n) is 2.07. The SMILES string of the molecule is C=C(C)C1=C[C@H](N)[C@@H](NC(=O)CC)[C@H]([C@H](O)[C@H](O)CO)O1. The molecule has 1 amide bonds. The summed E-state index contributed by atoms with van der Waals surface area (Å²) in [6, 6.07) is -1.32. The van der Waals surface area contributed by atoms with Crippen molar-refractivity contribution in [3.8, 4) is 0 Å². The Morgan fingerprint density at radius 2 is 2.19 bits per heavy atom. The van der Waals surface area contributed by atoms with Crippen LogP contribution in [0.5, 0.6) is 0 Å². The maximum Gasteiger partial charge on any atom is 0.220 e. The van der Waals surface area contributed by atoms with E-state index in [1.807, 2.05) is 0 Å². The van der Waals surface area contributed by atoms with Gasteiger partial charge in [0.15, 0.2) is 0 Å². The third kappa shape index (κ3) is 4.28. The third-order valence-electron chi connectivity index (χ3n) is 3.36. The van der Waals surface area contributed by atoms with E-state index in [-0.39, 0.29) is 12.3 Å². The summed E-state index contributed by atoms with van der Waals surface area (Å²) >= 11 is 0. The van der Waals surface area contributed by atoms with Crippen molar-refractivity contribution in [2.45, 2.75) is 50.7 Å². The number of hydrogen-bond donors (Lipinski definition) is 5. The van der Waals surface area contributed by atoms with Gasteiger partial charge in [-0.2, -0.15) is 0 Å². The molecule has 1 heterocycles. The van der Waals surface area contributed by atoms with E-state index < -0.39 is 37.0 Å². The number of aliphatic hydroxyl groups excluding tert-OH is 3. The number of rotatable bonds is 6. The summed E-state index contributed by atoms with van der Waals surface area (Å²) in [5.74, 6) is 0.153. The monoisotopic (exact) mass is 300 g/mol. The fraction of sp³-hybridized carbons (Fsp3) is 0.643. The van der Waals surface area contributed by atoms with Crippen LogP contribution in [0, 0.1) is 0 Å². The van der Waals surface area contributed by atoms with Crippen molar-refractivity contribution in [2.75, 3.05) is 6.61 Å². The molecule has 0 aromatic heterocycles. The maximum absolute atomic E-state index is 11.6. The lowest BCUT2D eigenvalue weighted by molar-refractivity contribution is -0.127. The van der Waals surface area contributed by atoms with E-state index in [1.165, 1.54) is 0 Å². The summed E-state index contributed by atoms with van der Waals surface area (Å²) in [5.41, 5.74) is 6.62. The molecule has 7 nitrogen and oxygen atoms in total. The summed E-state index contributed by atoms with van der Waals surface area (Å²) in [7, 11) is 0. The van der Waals surface area contributed by atoms with Crippen LogP contribution in [-0.2, 0) is 9.53 Å². The first-order chi connectivity index (χ1) is 9.81. The molecule has 5 atom stereocenters. The lowest BCUT2D eigenvalue weighted by Crippen LogP contribution is -2.61. The standard InChI is InChI=1S/C14H24N2O5/c1-4-11(19)16-12-8(15)5-10(7(2)3)21-14(12)13(20)9(18)6-17/h5,8-9,12-14,17-18,20H,2,4,6,15H2,1,3H3,(H,16,19)/t8-,9+,12+,13+,14+/m0/s1. The number of allylic oxidation sites excluding steroid dienone is 1. The zero-order valence-corrected chi connectivity index (χ0v) is 12.3. The van der Waals surface area contributed by atoms with Gasteiger partial charge in [0, 0.05) is 6.42 Å².